The molecule has 0 aromatic carbocycles. The van der Waals surface area contributed by atoms with Crippen molar-refractivity contribution in [3.8, 4) is 0 Å². The third-order valence-corrected chi connectivity index (χ3v) is 4.60. The van der Waals surface area contributed by atoms with Gasteiger partial charge in [0.25, 0.3) is 0 Å². The zero-order valence-electron chi connectivity index (χ0n) is 9.92. The SMILES string of the molecule is Cc1sccc1C1CC(C)(C)CCC1N. The highest BCUT2D eigenvalue weighted by atomic mass is 32.1. The first-order valence-corrected chi connectivity index (χ1v) is 6.67. The molecule has 2 N–H and O–H groups in total. The summed E-state index contributed by atoms with van der Waals surface area (Å²) in [4.78, 5) is 1.45. The van der Waals surface area contributed by atoms with Crippen LogP contribution in [0.1, 0.15) is 49.5 Å². The van der Waals surface area contributed by atoms with Gasteiger partial charge in [-0.3, -0.25) is 0 Å². The molecule has 0 saturated heterocycles. The summed E-state index contributed by atoms with van der Waals surface area (Å²) in [5, 5.41) is 2.19. The molecule has 1 aromatic heterocycles. The van der Waals surface area contributed by atoms with Crippen LogP contribution in [0, 0.1) is 12.3 Å². The second kappa shape index (κ2) is 3.91. The Hall–Kier alpha value is -0.340. The lowest BCUT2D eigenvalue weighted by atomic mass is 9.68. The number of hydrogen-bond acceptors (Lipinski definition) is 2. The molecule has 1 aliphatic rings. The molecule has 1 nitrogen and oxygen atoms in total. The van der Waals surface area contributed by atoms with Crippen LogP contribution < -0.4 is 5.73 Å². The maximum atomic E-state index is 6.26. The molecule has 84 valence electrons. The van der Waals surface area contributed by atoms with Crippen molar-refractivity contribution in [3.63, 3.8) is 0 Å². The van der Waals surface area contributed by atoms with Gasteiger partial charge in [0.05, 0.1) is 0 Å². The lowest BCUT2D eigenvalue weighted by Crippen LogP contribution is -2.37. The van der Waals surface area contributed by atoms with Gasteiger partial charge in [0.1, 0.15) is 0 Å². The Balaban J connectivity index is 2.24. The maximum absolute atomic E-state index is 6.26. The van der Waals surface area contributed by atoms with Crippen molar-refractivity contribution < 1.29 is 0 Å². The Morgan fingerprint density at radius 3 is 2.80 bits per heavy atom. The normalized spacial score (nSPS) is 30.4. The third kappa shape index (κ3) is 2.26. The second-order valence-electron chi connectivity index (χ2n) is 5.61. The maximum Gasteiger partial charge on any atom is 0.0109 e. The standard InChI is InChI=1S/C13H21NS/c1-9-10(5-7-15-9)11-8-13(2,3)6-4-12(11)14/h5,7,11-12H,4,6,8,14H2,1-3H3. The van der Waals surface area contributed by atoms with Crippen LogP contribution >= 0.6 is 11.3 Å². The summed E-state index contributed by atoms with van der Waals surface area (Å²) in [6, 6.07) is 2.64. The Morgan fingerprint density at radius 2 is 2.20 bits per heavy atom. The van der Waals surface area contributed by atoms with E-state index >= 15 is 0 Å². The van der Waals surface area contributed by atoms with Crippen LogP contribution in [0.5, 0.6) is 0 Å². The molecule has 1 fully saturated rings. The first kappa shape index (κ1) is 11.2. The highest BCUT2D eigenvalue weighted by Gasteiger charge is 2.34. The van der Waals surface area contributed by atoms with E-state index in [1.807, 2.05) is 11.3 Å². The fraction of sp³-hybridized carbons (Fsp3) is 0.692. The fourth-order valence-corrected chi connectivity index (χ4v) is 3.50. The summed E-state index contributed by atoms with van der Waals surface area (Å²) in [6.07, 6.45) is 3.69. The Bertz CT molecular complexity index is 340. The van der Waals surface area contributed by atoms with Gasteiger partial charge >= 0.3 is 0 Å². The van der Waals surface area contributed by atoms with E-state index in [9.17, 15) is 0 Å². The molecular weight excluding hydrogens is 202 g/mol. The zero-order valence-corrected chi connectivity index (χ0v) is 10.7. The van der Waals surface area contributed by atoms with Crippen LogP contribution in [0.2, 0.25) is 0 Å². The fourth-order valence-electron chi connectivity index (χ4n) is 2.73. The zero-order chi connectivity index (χ0) is 11.1. The number of hydrogen-bond donors (Lipinski definition) is 1. The van der Waals surface area contributed by atoms with Gasteiger partial charge in [-0.05, 0) is 48.6 Å². The number of thiophene rings is 1. The molecule has 15 heavy (non-hydrogen) atoms. The van der Waals surface area contributed by atoms with Crippen molar-refractivity contribution in [2.75, 3.05) is 0 Å². The molecule has 2 heteroatoms. The van der Waals surface area contributed by atoms with Gasteiger partial charge in [0.15, 0.2) is 0 Å². The van der Waals surface area contributed by atoms with Gasteiger partial charge < -0.3 is 5.73 Å². The van der Waals surface area contributed by atoms with E-state index in [2.05, 4.69) is 32.2 Å². The van der Waals surface area contributed by atoms with Crippen molar-refractivity contribution in [1.82, 2.24) is 0 Å². The van der Waals surface area contributed by atoms with Gasteiger partial charge in [0.2, 0.25) is 0 Å². The highest BCUT2D eigenvalue weighted by molar-refractivity contribution is 7.10. The van der Waals surface area contributed by atoms with Crippen molar-refractivity contribution in [1.29, 1.82) is 0 Å². The number of rotatable bonds is 1. The first-order valence-electron chi connectivity index (χ1n) is 5.79. The topological polar surface area (TPSA) is 26.0 Å². The predicted octanol–water partition coefficient (Wildman–Crippen LogP) is 3.68. The van der Waals surface area contributed by atoms with E-state index < -0.39 is 0 Å². The summed E-state index contributed by atoms with van der Waals surface area (Å²) >= 11 is 1.84. The molecule has 1 aromatic rings. The van der Waals surface area contributed by atoms with E-state index in [1.165, 1.54) is 29.7 Å². The molecule has 2 unspecified atom stereocenters. The molecule has 1 heterocycles. The first-order chi connectivity index (χ1) is 6.99. The van der Waals surface area contributed by atoms with E-state index in [4.69, 9.17) is 5.73 Å². The van der Waals surface area contributed by atoms with E-state index in [-0.39, 0.29) is 0 Å². The van der Waals surface area contributed by atoms with Crippen molar-refractivity contribution in [3.05, 3.63) is 21.9 Å². The molecule has 1 aliphatic carbocycles. The second-order valence-corrected chi connectivity index (χ2v) is 6.73. The van der Waals surface area contributed by atoms with E-state index in [1.54, 1.807) is 0 Å². The molecular formula is C13H21NS. The van der Waals surface area contributed by atoms with Gasteiger partial charge in [-0.1, -0.05) is 13.8 Å². The smallest absolute Gasteiger partial charge is 0.0109 e. The quantitative estimate of drug-likeness (QED) is 0.772. The summed E-state index contributed by atoms with van der Waals surface area (Å²) in [6.45, 7) is 6.95. The molecule has 0 bridgehead atoms. The van der Waals surface area contributed by atoms with Crippen molar-refractivity contribution >= 4 is 11.3 Å². The summed E-state index contributed by atoms with van der Waals surface area (Å²) < 4.78 is 0. The molecule has 0 spiro atoms. The van der Waals surface area contributed by atoms with Crippen molar-refractivity contribution in [2.24, 2.45) is 11.1 Å². The lowest BCUT2D eigenvalue weighted by molar-refractivity contribution is 0.198. The van der Waals surface area contributed by atoms with Gasteiger partial charge in [-0.15, -0.1) is 11.3 Å². The molecule has 2 atom stereocenters. The molecule has 0 radical (unpaired) electrons. The lowest BCUT2D eigenvalue weighted by Gasteiger charge is -2.39. The molecule has 0 aliphatic heterocycles. The van der Waals surface area contributed by atoms with E-state index in [0.717, 1.165) is 0 Å². The number of aryl methyl sites for hydroxylation is 1. The van der Waals surface area contributed by atoms with Crippen LogP contribution in [-0.4, -0.2) is 6.04 Å². The average molecular weight is 223 g/mol. The van der Waals surface area contributed by atoms with E-state index in [0.29, 0.717) is 17.4 Å². The molecule has 1 saturated carbocycles. The summed E-state index contributed by atoms with van der Waals surface area (Å²) in [5.41, 5.74) is 8.23. The largest absolute Gasteiger partial charge is 0.327 e. The molecule has 2 rings (SSSR count). The van der Waals surface area contributed by atoms with Gasteiger partial charge in [-0.2, -0.15) is 0 Å². The van der Waals surface area contributed by atoms with Crippen LogP contribution in [0.25, 0.3) is 0 Å². The summed E-state index contributed by atoms with van der Waals surface area (Å²) in [5.74, 6) is 0.583. The minimum absolute atomic E-state index is 0.367. The van der Waals surface area contributed by atoms with Crippen LogP contribution in [-0.2, 0) is 0 Å². The Kier molecular flexibility index (Phi) is 2.91. The molecule has 0 amide bonds. The number of nitrogens with two attached hydrogens (primary N) is 1. The highest BCUT2D eigenvalue weighted by Crippen LogP contribution is 2.44. The third-order valence-electron chi connectivity index (χ3n) is 3.74. The monoisotopic (exact) mass is 223 g/mol. The Labute approximate surface area is 96.7 Å². The predicted molar refractivity (Wildman–Crippen MR) is 67.4 cm³/mol. The summed E-state index contributed by atoms with van der Waals surface area (Å²) in [7, 11) is 0. The minimum atomic E-state index is 0.367. The Morgan fingerprint density at radius 1 is 1.47 bits per heavy atom. The minimum Gasteiger partial charge on any atom is -0.327 e. The van der Waals surface area contributed by atoms with Gasteiger partial charge in [0, 0.05) is 16.8 Å². The van der Waals surface area contributed by atoms with Crippen molar-refractivity contribution in [2.45, 2.75) is 52.0 Å². The van der Waals surface area contributed by atoms with Crippen LogP contribution in [0.3, 0.4) is 0 Å². The van der Waals surface area contributed by atoms with Gasteiger partial charge in [-0.25, -0.2) is 0 Å². The van der Waals surface area contributed by atoms with Crippen LogP contribution in [0.4, 0.5) is 0 Å². The average Bonchev–Trinajstić information content (AvgIpc) is 2.56. The van der Waals surface area contributed by atoms with Crippen LogP contribution in [0.15, 0.2) is 11.4 Å².